The van der Waals surface area contributed by atoms with Crippen LogP contribution in [0.15, 0.2) is 17.3 Å². The zero-order valence-corrected chi connectivity index (χ0v) is 5.39. The Balaban J connectivity index is 3.10. The summed E-state index contributed by atoms with van der Waals surface area (Å²) in [4.78, 5) is 12.8. The van der Waals surface area contributed by atoms with Crippen LogP contribution in [0.4, 0.5) is 0 Å². The molecule has 0 aromatic heterocycles. The van der Waals surface area contributed by atoms with E-state index in [-0.39, 0.29) is 0 Å². The summed E-state index contributed by atoms with van der Waals surface area (Å²) in [6.07, 6.45) is 1.41. The normalized spacial score (nSPS) is 7.67. The molecule has 0 radical (unpaired) electrons. The highest BCUT2D eigenvalue weighted by molar-refractivity contribution is 5.32. The minimum Gasteiger partial charge on any atom is -0.497 e. The van der Waals surface area contributed by atoms with Crippen LogP contribution in [0, 0.1) is 0 Å². The Kier molecular flexibility index (Phi) is 4.46. The number of hydrogen-bond acceptors (Lipinski definition) is 3. The van der Waals surface area contributed by atoms with E-state index in [1.807, 2.05) is 0 Å². The molecule has 0 saturated heterocycles. The number of ether oxygens (including phenoxy) is 1. The maximum Gasteiger partial charge on any atom is 0.235 e. The van der Waals surface area contributed by atoms with Gasteiger partial charge < -0.3 is 4.74 Å². The molecule has 0 bridgehead atoms. The molecular weight excluding hydrogens is 118 g/mol. The number of nitrogens with zero attached hydrogens (tertiary/aromatic N) is 1. The lowest BCUT2D eigenvalue weighted by atomic mass is 10.6. The number of aliphatic imine (C=N–C) groups is 1. The average Bonchev–Trinajstić information content (AvgIpc) is 1.80. The molecule has 0 aromatic carbocycles. The standard InChI is InChI=1S/C6H9NO2/c1-6(2)9-4-3-7-5-8/h1,3-4H2,2H3. The van der Waals surface area contributed by atoms with Crippen LogP contribution in [0.25, 0.3) is 0 Å². The first-order valence-electron chi connectivity index (χ1n) is 2.59. The molecule has 3 nitrogen and oxygen atoms in total. The summed E-state index contributed by atoms with van der Waals surface area (Å²) in [5, 5.41) is 0. The van der Waals surface area contributed by atoms with Gasteiger partial charge in [-0.15, -0.1) is 0 Å². The van der Waals surface area contributed by atoms with Gasteiger partial charge in [0.05, 0.1) is 12.3 Å². The highest BCUT2D eigenvalue weighted by atomic mass is 16.5. The van der Waals surface area contributed by atoms with Crippen molar-refractivity contribution in [3.63, 3.8) is 0 Å². The molecule has 0 amide bonds. The van der Waals surface area contributed by atoms with E-state index >= 15 is 0 Å². The maximum atomic E-state index is 9.48. The predicted molar refractivity (Wildman–Crippen MR) is 33.8 cm³/mol. The monoisotopic (exact) mass is 127 g/mol. The molecule has 0 heterocycles. The van der Waals surface area contributed by atoms with Crippen LogP contribution in [0.5, 0.6) is 0 Å². The molecule has 0 fully saturated rings. The van der Waals surface area contributed by atoms with Crippen molar-refractivity contribution in [2.75, 3.05) is 13.2 Å². The molecule has 50 valence electrons. The third kappa shape index (κ3) is 6.92. The molecule has 3 heteroatoms. The van der Waals surface area contributed by atoms with Gasteiger partial charge in [0.25, 0.3) is 0 Å². The highest BCUT2D eigenvalue weighted by Crippen LogP contribution is 1.87. The Bertz CT molecular complexity index is 134. The smallest absolute Gasteiger partial charge is 0.235 e. The van der Waals surface area contributed by atoms with Crippen LogP contribution in [0.1, 0.15) is 6.92 Å². The molecule has 0 aromatic rings. The first-order chi connectivity index (χ1) is 4.27. The minimum atomic E-state index is 0.357. The van der Waals surface area contributed by atoms with Crippen molar-refractivity contribution < 1.29 is 9.53 Å². The number of rotatable bonds is 4. The van der Waals surface area contributed by atoms with Crippen LogP contribution < -0.4 is 0 Å². The van der Waals surface area contributed by atoms with Gasteiger partial charge >= 0.3 is 0 Å². The lowest BCUT2D eigenvalue weighted by Crippen LogP contribution is -1.94. The van der Waals surface area contributed by atoms with Crippen LogP contribution in [0.3, 0.4) is 0 Å². The summed E-state index contributed by atoms with van der Waals surface area (Å²) in [5.41, 5.74) is 0. The molecule has 0 spiro atoms. The number of isocyanates is 1. The molecule has 0 aliphatic rings. The van der Waals surface area contributed by atoms with Crippen molar-refractivity contribution in [2.45, 2.75) is 6.92 Å². The Morgan fingerprint density at radius 1 is 1.89 bits per heavy atom. The van der Waals surface area contributed by atoms with Gasteiger partial charge in [0, 0.05) is 0 Å². The van der Waals surface area contributed by atoms with Gasteiger partial charge in [-0.2, -0.15) is 0 Å². The first-order valence-corrected chi connectivity index (χ1v) is 2.59. The number of hydrogen-bond donors (Lipinski definition) is 0. The molecule has 0 saturated carbocycles. The molecule has 0 atom stereocenters. The predicted octanol–water partition coefficient (Wildman–Crippen LogP) is 0.872. The Labute approximate surface area is 54.0 Å². The quantitative estimate of drug-likeness (QED) is 0.243. The van der Waals surface area contributed by atoms with Gasteiger partial charge in [-0.1, -0.05) is 6.58 Å². The second-order valence-corrected chi connectivity index (χ2v) is 1.52. The van der Waals surface area contributed by atoms with Crippen molar-refractivity contribution in [1.29, 1.82) is 0 Å². The summed E-state index contributed by atoms with van der Waals surface area (Å²) in [6.45, 7) is 6.00. The molecular formula is C6H9NO2. The fourth-order valence-corrected chi connectivity index (χ4v) is 0.311. The fraction of sp³-hybridized carbons (Fsp3) is 0.500. The van der Waals surface area contributed by atoms with Gasteiger partial charge in [0.15, 0.2) is 0 Å². The third-order valence-electron chi connectivity index (χ3n) is 0.616. The van der Waals surface area contributed by atoms with Gasteiger partial charge in [-0.3, -0.25) is 0 Å². The SMILES string of the molecule is C=C(C)OCCN=C=O. The Morgan fingerprint density at radius 2 is 2.56 bits per heavy atom. The van der Waals surface area contributed by atoms with Crippen LogP contribution >= 0.6 is 0 Å². The van der Waals surface area contributed by atoms with E-state index in [0.29, 0.717) is 18.9 Å². The van der Waals surface area contributed by atoms with Gasteiger partial charge in [0.1, 0.15) is 6.61 Å². The second-order valence-electron chi connectivity index (χ2n) is 1.52. The molecule has 0 aliphatic heterocycles. The number of allylic oxidation sites excluding steroid dienone is 1. The summed E-state index contributed by atoms with van der Waals surface area (Å²) in [7, 11) is 0. The van der Waals surface area contributed by atoms with Crippen molar-refractivity contribution >= 4 is 6.08 Å². The van der Waals surface area contributed by atoms with E-state index in [2.05, 4.69) is 11.6 Å². The maximum absolute atomic E-state index is 9.48. The van der Waals surface area contributed by atoms with Crippen LogP contribution in [-0.2, 0) is 9.53 Å². The lowest BCUT2D eigenvalue weighted by molar-refractivity contribution is 0.225. The van der Waals surface area contributed by atoms with Gasteiger partial charge in [-0.25, -0.2) is 9.79 Å². The number of carbonyl (C=O) groups excluding carboxylic acids is 1. The minimum absolute atomic E-state index is 0.357. The van der Waals surface area contributed by atoms with Gasteiger partial charge in [0.2, 0.25) is 6.08 Å². The van der Waals surface area contributed by atoms with Crippen molar-refractivity contribution in [3.05, 3.63) is 12.3 Å². The molecule has 0 aliphatic carbocycles. The van der Waals surface area contributed by atoms with Crippen molar-refractivity contribution in [3.8, 4) is 0 Å². The van der Waals surface area contributed by atoms with E-state index in [9.17, 15) is 4.79 Å². The van der Waals surface area contributed by atoms with E-state index in [0.717, 1.165) is 0 Å². The Hall–Kier alpha value is -1.08. The molecule has 9 heavy (non-hydrogen) atoms. The average molecular weight is 127 g/mol. The molecule has 0 rings (SSSR count). The van der Waals surface area contributed by atoms with Crippen LogP contribution in [-0.4, -0.2) is 19.2 Å². The highest BCUT2D eigenvalue weighted by Gasteiger charge is 1.82. The van der Waals surface area contributed by atoms with E-state index in [4.69, 9.17) is 4.74 Å². The van der Waals surface area contributed by atoms with E-state index in [1.54, 1.807) is 6.92 Å². The summed E-state index contributed by atoms with van der Waals surface area (Å²) >= 11 is 0. The summed E-state index contributed by atoms with van der Waals surface area (Å²) in [5.74, 6) is 0.635. The van der Waals surface area contributed by atoms with E-state index in [1.165, 1.54) is 6.08 Å². The fourth-order valence-electron chi connectivity index (χ4n) is 0.311. The Morgan fingerprint density at radius 3 is 3.00 bits per heavy atom. The first kappa shape index (κ1) is 7.92. The van der Waals surface area contributed by atoms with Crippen molar-refractivity contribution in [2.24, 2.45) is 4.99 Å². The topological polar surface area (TPSA) is 38.7 Å². The largest absolute Gasteiger partial charge is 0.497 e. The summed E-state index contributed by atoms with van der Waals surface area (Å²) in [6, 6.07) is 0. The molecule has 0 N–H and O–H groups in total. The summed E-state index contributed by atoms with van der Waals surface area (Å²) < 4.78 is 4.88. The van der Waals surface area contributed by atoms with Crippen molar-refractivity contribution in [1.82, 2.24) is 0 Å². The van der Waals surface area contributed by atoms with Gasteiger partial charge in [-0.05, 0) is 6.92 Å². The molecule has 0 unspecified atom stereocenters. The van der Waals surface area contributed by atoms with E-state index < -0.39 is 0 Å². The zero-order chi connectivity index (χ0) is 7.11. The second kappa shape index (κ2) is 5.06. The third-order valence-corrected chi connectivity index (χ3v) is 0.616. The zero-order valence-electron chi connectivity index (χ0n) is 5.39. The lowest BCUT2D eigenvalue weighted by Gasteiger charge is -1.98. The van der Waals surface area contributed by atoms with Crippen LogP contribution in [0.2, 0.25) is 0 Å².